The maximum absolute atomic E-state index is 6.27. The second-order valence-electron chi connectivity index (χ2n) is 7.07. The molecule has 0 spiro atoms. The van der Waals surface area contributed by atoms with E-state index in [1.807, 2.05) is 6.07 Å². The molecule has 1 aromatic rings. The van der Waals surface area contributed by atoms with Gasteiger partial charge in [0.25, 0.3) is 0 Å². The molecule has 4 aliphatic rings. The van der Waals surface area contributed by atoms with Crippen LogP contribution in [0.4, 0.5) is 0 Å². The quantitative estimate of drug-likeness (QED) is 0.670. The number of likely N-dealkylation sites (tertiary alicyclic amines) is 1. The zero-order valence-electron chi connectivity index (χ0n) is 12.6. The van der Waals surface area contributed by atoms with Crippen molar-refractivity contribution in [3.05, 3.63) is 35.9 Å². The molecule has 1 aliphatic heterocycles. The Morgan fingerprint density at radius 3 is 2.14 bits per heavy atom. The van der Waals surface area contributed by atoms with Crippen molar-refractivity contribution in [3.63, 3.8) is 0 Å². The molecule has 1 saturated heterocycles. The minimum Gasteiger partial charge on any atom is -0.370 e. The van der Waals surface area contributed by atoms with E-state index in [1.165, 1.54) is 31.2 Å². The number of fused-ring (bicyclic) bond motifs is 2. The van der Waals surface area contributed by atoms with E-state index in [0.29, 0.717) is 6.54 Å². The molecule has 2 N–H and O–H groups in total. The Kier molecular flexibility index (Phi) is 3.36. The highest BCUT2D eigenvalue weighted by molar-refractivity contribution is 5.78. The summed E-state index contributed by atoms with van der Waals surface area (Å²) in [5.74, 6) is 4.47. The lowest BCUT2D eigenvalue weighted by Crippen LogP contribution is -2.38. The van der Waals surface area contributed by atoms with Crippen molar-refractivity contribution in [2.75, 3.05) is 13.1 Å². The van der Waals surface area contributed by atoms with E-state index in [4.69, 9.17) is 5.73 Å². The second-order valence-corrected chi connectivity index (χ2v) is 7.07. The molecule has 112 valence electrons. The molecular formula is C18H25N3. The Morgan fingerprint density at radius 2 is 1.57 bits per heavy atom. The summed E-state index contributed by atoms with van der Waals surface area (Å²) in [5.41, 5.74) is 7.50. The van der Waals surface area contributed by atoms with Gasteiger partial charge in [0.05, 0.1) is 6.54 Å². The second kappa shape index (κ2) is 5.36. The van der Waals surface area contributed by atoms with Crippen LogP contribution in [0.25, 0.3) is 0 Å². The molecule has 0 aromatic heterocycles. The van der Waals surface area contributed by atoms with Crippen LogP contribution in [0.15, 0.2) is 35.3 Å². The average Bonchev–Trinajstić information content (AvgIpc) is 3.02. The van der Waals surface area contributed by atoms with Gasteiger partial charge in [-0.1, -0.05) is 30.3 Å². The molecule has 0 radical (unpaired) electrons. The summed E-state index contributed by atoms with van der Waals surface area (Å²) in [6.45, 7) is 3.00. The van der Waals surface area contributed by atoms with Crippen LogP contribution in [0.5, 0.6) is 0 Å². The normalized spacial score (nSPS) is 35.0. The van der Waals surface area contributed by atoms with Gasteiger partial charge in [-0.25, -0.2) is 4.99 Å². The number of hydrogen-bond acceptors (Lipinski definition) is 1. The molecule has 21 heavy (non-hydrogen) atoms. The highest BCUT2D eigenvalue weighted by Crippen LogP contribution is 2.51. The summed E-state index contributed by atoms with van der Waals surface area (Å²) in [4.78, 5) is 6.98. The third kappa shape index (κ3) is 2.43. The van der Waals surface area contributed by atoms with E-state index in [9.17, 15) is 0 Å². The van der Waals surface area contributed by atoms with Gasteiger partial charge in [0.2, 0.25) is 0 Å². The van der Waals surface area contributed by atoms with Gasteiger partial charge in [-0.2, -0.15) is 0 Å². The summed E-state index contributed by atoms with van der Waals surface area (Å²) in [6.07, 6.45) is 5.84. The molecule has 1 aromatic carbocycles. The van der Waals surface area contributed by atoms with Crippen LogP contribution in [-0.2, 0) is 6.54 Å². The lowest BCUT2D eigenvalue weighted by molar-refractivity contribution is 0.0577. The van der Waals surface area contributed by atoms with Crippen molar-refractivity contribution in [3.8, 4) is 0 Å². The fourth-order valence-corrected chi connectivity index (χ4v) is 4.90. The van der Waals surface area contributed by atoms with Crippen molar-refractivity contribution < 1.29 is 0 Å². The third-order valence-electron chi connectivity index (χ3n) is 6.03. The predicted octanol–water partition coefficient (Wildman–Crippen LogP) is 2.87. The van der Waals surface area contributed by atoms with Crippen LogP contribution in [-0.4, -0.2) is 23.9 Å². The van der Waals surface area contributed by atoms with Gasteiger partial charge in [0.1, 0.15) is 0 Å². The van der Waals surface area contributed by atoms with Gasteiger partial charge >= 0.3 is 0 Å². The maximum Gasteiger partial charge on any atom is 0.191 e. The molecule has 3 aliphatic carbocycles. The smallest absolute Gasteiger partial charge is 0.191 e. The van der Waals surface area contributed by atoms with Gasteiger partial charge in [-0.3, -0.25) is 0 Å². The Balaban J connectivity index is 1.43. The van der Waals surface area contributed by atoms with Gasteiger partial charge in [0, 0.05) is 13.1 Å². The summed E-state index contributed by atoms with van der Waals surface area (Å²) in [7, 11) is 0. The number of aliphatic imine (C=N–C) groups is 1. The van der Waals surface area contributed by atoms with Gasteiger partial charge < -0.3 is 10.6 Å². The van der Waals surface area contributed by atoms with Gasteiger partial charge in [0.15, 0.2) is 5.96 Å². The first-order valence-corrected chi connectivity index (χ1v) is 8.40. The minimum atomic E-state index is 0.700. The van der Waals surface area contributed by atoms with Crippen LogP contribution in [0.1, 0.15) is 31.2 Å². The van der Waals surface area contributed by atoms with Crippen LogP contribution in [0.2, 0.25) is 0 Å². The minimum absolute atomic E-state index is 0.700. The number of nitrogens with two attached hydrogens (primary N) is 1. The van der Waals surface area contributed by atoms with E-state index < -0.39 is 0 Å². The summed E-state index contributed by atoms with van der Waals surface area (Å²) < 4.78 is 0. The molecule has 2 unspecified atom stereocenters. The standard InChI is InChI=1S/C18H25N3/c19-18(20-10-13-4-2-1-3-5-13)21-11-16-14-6-7-15(9-8-14)17(16)12-21/h1-5,14-17H,6-12H2,(H2,19,20). The average molecular weight is 283 g/mol. The van der Waals surface area contributed by atoms with E-state index in [2.05, 4.69) is 34.2 Å². The van der Waals surface area contributed by atoms with Crippen molar-refractivity contribution in [2.24, 2.45) is 34.4 Å². The number of nitrogens with zero attached hydrogens (tertiary/aromatic N) is 2. The number of benzene rings is 1. The Hall–Kier alpha value is -1.51. The first-order chi connectivity index (χ1) is 10.3. The van der Waals surface area contributed by atoms with Crippen LogP contribution in [0.3, 0.4) is 0 Å². The first-order valence-electron chi connectivity index (χ1n) is 8.40. The topological polar surface area (TPSA) is 41.6 Å². The Morgan fingerprint density at radius 1 is 1.00 bits per heavy atom. The first kappa shape index (κ1) is 13.2. The van der Waals surface area contributed by atoms with Crippen molar-refractivity contribution in [1.82, 2.24) is 4.90 Å². The third-order valence-corrected chi connectivity index (χ3v) is 6.03. The fraction of sp³-hybridized carbons (Fsp3) is 0.611. The summed E-state index contributed by atoms with van der Waals surface area (Å²) >= 11 is 0. The van der Waals surface area contributed by atoms with Crippen molar-refractivity contribution in [1.29, 1.82) is 0 Å². The van der Waals surface area contributed by atoms with Gasteiger partial charge in [-0.05, 0) is 54.9 Å². The molecule has 5 rings (SSSR count). The van der Waals surface area contributed by atoms with Crippen molar-refractivity contribution in [2.45, 2.75) is 32.2 Å². The van der Waals surface area contributed by atoms with E-state index in [0.717, 1.165) is 42.7 Å². The predicted molar refractivity (Wildman–Crippen MR) is 85.8 cm³/mol. The van der Waals surface area contributed by atoms with Crippen LogP contribution in [0, 0.1) is 23.7 Å². The molecule has 1 heterocycles. The number of rotatable bonds is 2. The zero-order chi connectivity index (χ0) is 14.2. The molecule has 2 bridgehead atoms. The lowest BCUT2D eigenvalue weighted by Gasteiger charge is -2.44. The summed E-state index contributed by atoms with van der Waals surface area (Å²) in [5, 5.41) is 0. The largest absolute Gasteiger partial charge is 0.370 e. The number of guanidine groups is 1. The van der Waals surface area contributed by atoms with Gasteiger partial charge in [-0.15, -0.1) is 0 Å². The van der Waals surface area contributed by atoms with E-state index in [-0.39, 0.29) is 0 Å². The fourth-order valence-electron chi connectivity index (χ4n) is 4.90. The van der Waals surface area contributed by atoms with Crippen molar-refractivity contribution >= 4 is 5.96 Å². The van der Waals surface area contributed by atoms with Crippen LogP contribution >= 0.6 is 0 Å². The summed E-state index contributed by atoms with van der Waals surface area (Å²) in [6, 6.07) is 10.4. The maximum atomic E-state index is 6.27. The number of hydrogen-bond donors (Lipinski definition) is 1. The molecule has 3 nitrogen and oxygen atoms in total. The monoisotopic (exact) mass is 283 g/mol. The molecule has 0 amide bonds. The highest BCUT2D eigenvalue weighted by Gasteiger charge is 2.48. The molecule has 4 fully saturated rings. The molecular weight excluding hydrogens is 258 g/mol. The van der Waals surface area contributed by atoms with Crippen LogP contribution < -0.4 is 5.73 Å². The molecule has 2 atom stereocenters. The SMILES string of the molecule is NC(=NCc1ccccc1)N1CC2C3CCC(CC3)C2C1. The van der Waals surface area contributed by atoms with E-state index >= 15 is 0 Å². The zero-order valence-corrected chi connectivity index (χ0v) is 12.6. The molecule has 3 heteroatoms. The molecule has 3 saturated carbocycles. The Labute approximate surface area is 127 Å². The Bertz CT molecular complexity index is 497. The highest BCUT2D eigenvalue weighted by atomic mass is 15.3. The lowest BCUT2D eigenvalue weighted by atomic mass is 9.60. The van der Waals surface area contributed by atoms with E-state index in [1.54, 1.807) is 0 Å².